The fraction of sp³-hybridized carbons (Fsp3) is 0.125. The zero-order valence-electron chi connectivity index (χ0n) is 5.36. The summed E-state index contributed by atoms with van der Waals surface area (Å²) >= 11 is 0. The average molecular weight is 135 g/mol. The van der Waals surface area contributed by atoms with Gasteiger partial charge in [-0.2, -0.15) is 0 Å². The standard InChI is InChI=1S/C8H7O2/c1-2-4-7(5-3-1)8-9-6-10-8/h1-6,8H. The van der Waals surface area contributed by atoms with Gasteiger partial charge in [-0.3, -0.25) is 0 Å². The molecular weight excluding hydrogens is 128 g/mol. The maximum Gasteiger partial charge on any atom is 0.215 e. The molecule has 0 spiro atoms. The summed E-state index contributed by atoms with van der Waals surface area (Å²) in [5, 5.41) is 0. The van der Waals surface area contributed by atoms with E-state index in [0.717, 1.165) is 5.56 Å². The molecule has 0 aliphatic carbocycles. The zero-order valence-corrected chi connectivity index (χ0v) is 5.36. The number of ether oxygens (including phenoxy) is 2. The van der Waals surface area contributed by atoms with Crippen molar-refractivity contribution in [3.05, 3.63) is 42.7 Å². The molecule has 1 heterocycles. The van der Waals surface area contributed by atoms with Crippen LogP contribution >= 0.6 is 0 Å². The van der Waals surface area contributed by atoms with Crippen molar-refractivity contribution in [3.8, 4) is 0 Å². The van der Waals surface area contributed by atoms with Crippen LogP contribution in [0.1, 0.15) is 11.9 Å². The summed E-state index contributed by atoms with van der Waals surface area (Å²) in [5.74, 6) is 0. The molecule has 10 heavy (non-hydrogen) atoms. The normalized spacial score (nSPS) is 18.4. The molecule has 51 valence electrons. The van der Waals surface area contributed by atoms with E-state index in [1.54, 1.807) is 0 Å². The van der Waals surface area contributed by atoms with Crippen LogP contribution in [0, 0.1) is 6.79 Å². The molecule has 2 rings (SSSR count). The van der Waals surface area contributed by atoms with Gasteiger partial charge < -0.3 is 9.47 Å². The molecule has 1 aliphatic rings. The predicted molar refractivity (Wildman–Crippen MR) is 35.7 cm³/mol. The smallest absolute Gasteiger partial charge is 0.215 e. The Morgan fingerprint density at radius 3 is 2.20 bits per heavy atom. The second kappa shape index (κ2) is 2.40. The van der Waals surface area contributed by atoms with Crippen molar-refractivity contribution in [2.24, 2.45) is 0 Å². The molecule has 2 heteroatoms. The Labute approximate surface area is 59.4 Å². The van der Waals surface area contributed by atoms with E-state index in [0.29, 0.717) is 0 Å². The van der Waals surface area contributed by atoms with Gasteiger partial charge in [0.05, 0.1) is 0 Å². The molecule has 1 saturated heterocycles. The van der Waals surface area contributed by atoms with Gasteiger partial charge >= 0.3 is 0 Å². The first-order chi connectivity index (χ1) is 4.97. The summed E-state index contributed by atoms with van der Waals surface area (Å²) < 4.78 is 9.94. The Kier molecular flexibility index (Phi) is 1.42. The van der Waals surface area contributed by atoms with Gasteiger partial charge in [0.15, 0.2) is 6.29 Å². The summed E-state index contributed by atoms with van der Waals surface area (Å²) in [6, 6.07) is 9.82. The summed E-state index contributed by atoms with van der Waals surface area (Å²) in [7, 11) is 0. The van der Waals surface area contributed by atoms with E-state index in [9.17, 15) is 0 Å². The predicted octanol–water partition coefficient (Wildman–Crippen LogP) is 1.85. The van der Waals surface area contributed by atoms with Gasteiger partial charge in [-0.05, 0) is 0 Å². The number of rotatable bonds is 1. The van der Waals surface area contributed by atoms with E-state index >= 15 is 0 Å². The minimum absolute atomic E-state index is 0.166. The lowest BCUT2D eigenvalue weighted by Gasteiger charge is -2.25. The topological polar surface area (TPSA) is 18.5 Å². The van der Waals surface area contributed by atoms with Crippen molar-refractivity contribution in [3.63, 3.8) is 0 Å². The van der Waals surface area contributed by atoms with Crippen molar-refractivity contribution in [1.82, 2.24) is 0 Å². The molecular formula is C8H7O2. The fourth-order valence-electron chi connectivity index (χ4n) is 0.878. The molecule has 0 bridgehead atoms. The Morgan fingerprint density at radius 2 is 1.70 bits per heavy atom. The lowest BCUT2D eigenvalue weighted by Crippen LogP contribution is -2.16. The third-order valence-electron chi connectivity index (χ3n) is 1.43. The second-order valence-corrected chi connectivity index (χ2v) is 2.11. The van der Waals surface area contributed by atoms with E-state index in [2.05, 4.69) is 0 Å². The maximum absolute atomic E-state index is 4.97. The number of hydrogen-bond acceptors (Lipinski definition) is 2. The first-order valence-corrected chi connectivity index (χ1v) is 3.14. The summed E-state index contributed by atoms with van der Waals surface area (Å²) in [6.45, 7) is 1.34. The van der Waals surface area contributed by atoms with Crippen LogP contribution in [0.15, 0.2) is 30.3 Å². The minimum atomic E-state index is -0.166. The second-order valence-electron chi connectivity index (χ2n) is 2.11. The molecule has 0 atom stereocenters. The molecule has 1 aromatic rings. The monoisotopic (exact) mass is 135 g/mol. The molecule has 1 fully saturated rings. The van der Waals surface area contributed by atoms with Crippen LogP contribution in [-0.2, 0) is 9.47 Å². The van der Waals surface area contributed by atoms with Gasteiger partial charge in [-0.1, -0.05) is 30.3 Å². The van der Waals surface area contributed by atoms with Crippen LogP contribution in [0.3, 0.4) is 0 Å². The van der Waals surface area contributed by atoms with Gasteiger partial charge in [0, 0.05) is 5.56 Å². The van der Waals surface area contributed by atoms with Crippen molar-refractivity contribution in [1.29, 1.82) is 0 Å². The third kappa shape index (κ3) is 0.916. The lowest BCUT2D eigenvalue weighted by atomic mass is 10.2. The van der Waals surface area contributed by atoms with E-state index in [1.165, 1.54) is 6.79 Å². The highest BCUT2D eigenvalue weighted by Crippen LogP contribution is 2.28. The molecule has 0 saturated carbocycles. The van der Waals surface area contributed by atoms with Gasteiger partial charge in [0.1, 0.15) is 0 Å². The Hall–Kier alpha value is -0.860. The van der Waals surface area contributed by atoms with E-state index in [-0.39, 0.29) is 6.29 Å². The van der Waals surface area contributed by atoms with Crippen LogP contribution in [0.5, 0.6) is 0 Å². The molecule has 0 aromatic heterocycles. The van der Waals surface area contributed by atoms with E-state index < -0.39 is 0 Å². The molecule has 1 radical (unpaired) electrons. The molecule has 0 unspecified atom stereocenters. The number of hydrogen-bond donors (Lipinski definition) is 0. The summed E-state index contributed by atoms with van der Waals surface area (Å²) in [5.41, 5.74) is 1.06. The quantitative estimate of drug-likeness (QED) is 0.585. The van der Waals surface area contributed by atoms with Gasteiger partial charge in [-0.25, -0.2) is 0 Å². The van der Waals surface area contributed by atoms with Crippen LogP contribution in [0.4, 0.5) is 0 Å². The summed E-state index contributed by atoms with van der Waals surface area (Å²) in [4.78, 5) is 0. The Bertz CT molecular complexity index is 204. The summed E-state index contributed by atoms with van der Waals surface area (Å²) in [6.07, 6.45) is -0.166. The van der Waals surface area contributed by atoms with Crippen LogP contribution in [0.2, 0.25) is 0 Å². The van der Waals surface area contributed by atoms with E-state index in [4.69, 9.17) is 9.47 Å². The highest BCUT2D eigenvalue weighted by molar-refractivity contribution is 5.16. The zero-order chi connectivity index (χ0) is 6.81. The lowest BCUT2D eigenvalue weighted by molar-refractivity contribution is -0.267. The first-order valence-electron chi connectivity index (χ1n) is 3.14. The van der Waals surface area contributed by atoms with Crippen LogP contribution < -0.4 is 0 Å². The molecule has 0 N–H and O–H groups in total. The minimum Gasteiger partial charge on any atom is -0.314 e. The molecule has 1 aromatic carbocycles. The van der Waals surface area contributed by atoms with Crippen molar-refractivity contribution in [2.45, 2.75) is 6.29 Å². The fourth-order valence-corrected chi connectivity index (χ4v) is 0.878. The molecule has 0 amide bonds. The third-order valence-corrected chi connectivity index (χ3v) is 1.43. The van der Waals surface area contributed by atoms with Crippen molar-refractivity contribution >= 4 is 0 Å². The molecule has 1 aliphatic heterocycles. The van der Waals surface area contributed by atoms with Gasteiger partial charge in [0.2, 0.25) is 6.79 Å². The Balaban J connectivity index is 2.18. The van der Waals surface area contributed by atoms with Crippen molar-refractivity contribution in [2.75, 3.05) is 0 Å². The first kappa shape index (κ1) is 5.89. The Morgan fingerprint density at radius 1 is 1.00 bits per heavy atom. The molecule has 2 nitrogen and oxygen atoms in total. The largest absolute Gasteiger partial charge is 0.314 e. The number of benzene rings is 1. The van der Waals surface area contributed by atoms with Gasteiger partial charge in [-0.15, -0.1) is 0 Å². The van der Waals surface area contributed by atoms with Crippen molar-refractivity contribution < 1.29 is 9.47 Å². The SMILES string of the molecule is [CH]1OC(c2ccccc2)O1. The van der Waals surface area contributed by atoms with Crippen LogP contribution in [-0.4, -0.2) is 0 Å². The highest BCUT2D eigenvalue weighted by Gasteiger charge is 2.20. The highest BCUT2D eigenvalue weighted by atomic mass is 16.8. The van der Waals surface area contributed by atoms with Crippen LogP contribution in [0.25, 0.3) is 0 Å². The average Bonchev–Trinajstić information content (AvgIpc) is 1.86. The van der Waals surface area contributed by atoms with Gasteiger partial charge in [0.25, 0.3) is 0 Å². The maximum atomic E-state index is 4.97. The van der Waals surface area contributed by atoms with E-state index in [1.807, 2.05) is 30.3 Å².